The predicted molar refractivity (Wildman–Crippen MR) is 161 cm³/mol. The summed E-state index contributed by atoms with van der Waals surface area (Å²) in [5.74, 6) is -1.64. The van der Waals surface area contributed by atoms with Gasteiger partial charge in [0.2, 0.25) is 11.8 Å². The molecule has 3 rings (SSSR count). The average molecular weight is 561 g/mol. The van der Waals surface area contributed by atoms with Gasteiger partial charge in [0.25, 0.3) is 0 Å². The topological polar surface area (TPSA) is 95.9 Å². The zero-order valence-corrected chi connectivity index (χ0v) is 24.0. The van der Waals surface area contributed by atoms with Crippen molar-refractivity contribution in [1.82, 2.24) is 10.2 Å². The van der Waals surface area contributed by atoms with Crippen LogP contribution >= 0.6 is 0 Å². The number of hydrogen-bond acceptors (Lipinski definition) is 5. The third kappa shape index (κ3) is 10.3. The fourth-order valence-corrected chi connectivity index (χ4v) is 5.36. The van der Waals surface area contributed by atoms with E-state index in [-0.39, 0.29) is 49.4 Å². The van der Waals surface area contributed by atoms with Crippen LogP contribution < -0.4 is 5.32 Å². The van der Waals surface area contributed by atoms with E-state index < -0.39 is 12.0 Å². The van der Waals surface area contributed by atoms with Crippen LogP contribution in [0.5, 0.6) is 0 Å². The van der Waals surface area contributed by atoms with Gasteiger partial charge in [-0.3, -0.25) is 14.4 Å². The third-order valence-electron chi connectivity index (χ3n) is 7.63. The molecule has 1 aliphatic heterocycles. The molecular formula is C34H44N2O5. The first kappa shape index (κ1) is 31.8. The highest BCUT2D eigenvalue weighted by molar-refractivity contribution is 5.86. The van der Waals surface area contributed by atoms with Crippen molar-refractivity contribution in [1.29, 1.82) is 0 Å². The second-order valence-electron chi connectivity index (χ2n) is 10.8. The van der Waals surface area contributed by atoms with Gasteiger partial charge >= 0.3 is 5.97 Å². The van der Waals surface area contributed by atoms with Gasteiger partial charge in [-0.1, -0.05) is 72.8 Å². The first-order valence-electron chi connectivity index (χ1n) is 14.6. The zero-order chi connectivity index (χ0) is 29.5. The summed E-state index contributed by atoms with van der Waals surface area (Å²) in [6.45, 7) is 8.11. The number of amides is 2. The molecule has 220 valence electrons. The molecular weight excluding hydrogens is 516 g/mol. The number of aliphatic hydroxyl groups excluding tert-OH is 1. The monoisotopic (exact) mass is 560 g/mol. The number of nitrogens with one attached hydrogen (secondary N) is 1. The summed E-state index contributed by atoms with van der Waals surface area (Å²) in [6.07, 6.45) is 7.80. The Morgan fingerprint density at radius 3 is 2.24 bits per heavy atom. The molecule has 2 aromatic carbocycles. The van der Waals surface area contributed by atoms with Gasteiger partial charge < -0.3 is 20.1 Å². The van der Waals surface area contributed by atoms with E-state index >= 15 is 0 Å². The van der Waals surface area contributed by atoms with Crippen molar-refractivity contribution in [2.45, 2.75) is 63.5 Å². The average Bonchev–Trinajstić information content (AvgIpc) is 3.48. The maximum atomic E-state index is 13.5. The van der Waals surface area contributed by atoms with Crippen molar-refractivity contribution in [2.24, 2.45) is 11.8 Å². The summed E-state index contributed by atoms with van der Waals surface area (Å²) in [6, 6.07) is 18.9. The lowest BCUT2D eigenvalue weighted by Gasteiger charge is -2.26. The minimum atomic E-state index is -0.604. The van der Waals surface area contributed by atoms with Crippen LogP contribution in [-0.2, 0) is 32.0 Å². The molecule has 0 spiro atoms. The van der Waals surface area contributed by atoms with Crippen molar-refractivity contribution < 1.29 is 24.2 Å². The summed E-state index contributed by atoms with van der Waals surface area (Å²) in [7, 11) is 0. The van der Waals surface area contributed by atoms with Gasteiger partial charge in [0.15, 0.2) is 0 Å². The smallest absolute Gasteiger partial charge is 0.309 e. The maximum Gasteiger partial charge on any atom is 0.309 e. The SMILES string of the molecule is C=CCC[C@H](Cc1ccccc1)C(=O)OC[C@H](Cc1ccccc1)NC(=O)[C@H](CC=C)CC(=O)N1CCC[C@H]1CO. The van der Waals surface area contributed by atoms with Gasteiger partial charge in [-0.25, -0.2) is 0 Å². The van der Waals surface area contributed by atoms with E-state index in [1.54, 1.807) is 17.1 Å². The second kappa shape index (κ2) is 17.2. The lowest BCUT2D eigenvalue weighted by molar-refractivity contribution is -0.150. The standard InChI is InChI=1S/C34H44N2O5/c1-3-5-18-29(21-26-14-8-6-9-15-26)34(40)41-25-30(22-27-16-10-7-11-17-27)35-33(39)28(13-4-2)23-32(38)36-20-12-19-31(36)24-37/h3-4,6-11,14-17,28-31,37H,1-2,5,12-13,18-25H2,(H,35,39)/t28-,29-,30+,31+/m1/s1. The van der Waals surface area contributed by atoms with Crippen LogP contribution in [0.15, 0.2) is 86.0 Å². The Labute approximate surface area is 244 Å². The van der Waals surface area contributed by atoms with Gasteiger partial charge in [-0.05, 0) is 56.1 Å². The molecule has 7 heteroatoms. The Hall–Kier alpha value is -3.71. The van der Waals surface area contributed by atoms with Crippen LogP contribution in [-0.4, -0.2) is 59.6 Å². The molecule has 4 atom stereocenters. The number of ether oxygens (including phenoxy) is 1. The number of nitrogens with zero attached hydrogens (tertiary/aromatic N) is 1. The lowest BCUT2D eigenvalue weighted by atomic mass is 9.95. The molecule has 2 N–H and O–H groups in total. The Kier molecular flexibility index (Phi) is 13.3. The molecule has 2 amide bonds. The summed E-state index contributed by atoms with van der Waals surface area (Å²) in [4.78, 5) is 41.4. The Bertz CT molecular complexity index is 1120. The van der Waals surface area contributed by atoms with Crippen molar-refractivity contribution in [3.63, 3.8) is 0 Å². The number of aliphatic hydroxyl groups is 1. The number of esters is 1. The van der Waals surface area contributed by atoms with Gasteiger partial charge in [0.05, 0.1) is 30.5 Å². The molecule has 1 saturated heterocycles. The molecule has 1 heterocycles. The first-order chi connectivity index (χ1) is 19.9. The number of rotatable bonds is 17. The van der Waals surface area contributed by atoms with Crippen molar-refractivity contribution in [2.75, 3.05) is 19.8 Å². The third-order valence-corrected chi connectivity index (χ3v) is 7.63. The van der Waals surface area contributed by atoms with Crippen molar-refractivity contribution in [3.05, 3.63) is 97.1 Å². The van der Waals surface area contributed by atoms with Crippen LogP contribution in [0.4, 0.5) is 0 Å². The zero-order valence-electron chi connectivity index (χ0n) is 24.0. The fraction of sp³-hybridized carbons (Fsp3) is 0.441. The quantitative estimate of drug-likeness (QED) is 0.217. The van der Waals surface area contributed by atoms with Crippen LogP contribution in [0.2, 0.25) is 0 Å². The van der Waals surface area contributed by atoms with Crippen molar-refractivity contribution >= 4 is 17.8 Å². The molecule has 0 radical (unpaired) electrons. The van der Waals surface area contributed by atoms with E-state index in [2.05, 4.69) is 18.5 Å². The predicted octanol–water partition coefficient (Wildman–Crippen LogP) is 4.65. The fourth-order valence-electron chi connectivity index (χ4n) is 5.36. The number of hydrogen-bond donors (Lipinski definition) is 2. The molecule has 1 aliphatic rings. The minimum Gasteiger partial charge on any atom is -0.463 e. The van der Waals surface area contributed by atoms with Crippen LogP contribution in [0, 0.1) is 11.8 Å². The summed E-state index contributed by atoms with van der Waals surface area (Å²) in [5, 5.41) is 12.7. The van der Waals surface area contributed by atoms with E-state index in [9.17, 15) is 19.5 Å². The Balaban J connectivity index is 1.68. The highest BCUT2D eigenvalue weighted by atomic mass is 16.5. The van der Waals surface area contributed by atoms with Crippen LogP contribution in [0.25, 0.3) is 0 Å². The molecule has 0 bridgehead atoms. The maximum absolute atomic E-state index is 13.5. The number of allylic oxidation sites excluding steroid dienone is 2. The minimum absolute atomic E-state index is 0.0202. The summed E-state index contributed by atoms with van der Waals surface area (Å²) < 4.78 is 5.83. The first-order valence-corrected chi connectivity index (χ1v) is 14.6. The van der Waals surface area contributed by atoms with Crippen molar-refractivity contribution in [3.8, 4) is 0 Å². The van der Waals surface area contributed by atoms with Gasteiger partial charge in [0, 0.05) is 13.0 Å². The highest BCUT2D eigenvalue weighted by Gasteiger charge is 2.32. The molecule has 0 unspecified atom stereocenters. The van der Waals surface area contributed by atoms with Crippen LogP contribution in [0.1, 0.15) is 49.7 Å². The van der Waals surface area contributed by atoms with E-state index in [4.69, 9.17) is 4.74 Å². The molecule has 0 aromatic heterocycles. The van der Waals surface area contributed by atoms with E-state index in [1.165, 1.54) is 0 Å². The Morgan fingerprint density at radius 2 is 1.63 bits per heavy atom. The van der Waals surface area contributed by atoms with Gasteiger partial charge in [0.1, 0.15) is 6.61 Å². The molecule has 7 nitrogen and oxygen atoms in total. The molecule has 2 aromatic rings. The number of carbonyl (C=O) groups is 3. The molecule has 1 fully saturated rings. The highest BCUT2D eigenvalue weighted by Crippen LogP contribution is 2.21. The summed E-state index contributed by atoms with van der Waals surface area (Å²) in [5.41, 5.74) is 2.06. The van der Waals surface area contributed by atoms with Gasteiger partial charge in [-0.2, -0.15) is 0 Å². The van der Waals surface area contributed by atoms with E-state index in [0.717, 1.165) is 24.0 Å². The normalized spacial score (nSPS) is 16.8. The molecule has 0 aliphatic carbocycles. The Morgan fingerprint density at radius 1 is 0.976 bits per heavy atom. The second-order valence-corrected chi connectivity index (χ2v) is 10.8. The molecule has 0 saturated carbocycles. The number of likely N-dealkylation sites (tertiary alicyclic amines) is 1. The van der Waals surface area contributed by atoms with E-state index in [1.807, 2.05) is 60.7 Å². The number of benzene rings is 2. The van der Waals surface area contributed by atoms with E-state index in [0.29, 0.717) is 38.6 Å². The van der Waals surface area contributed by atoms with Gasteiger partial charge in [-0.15, -0.1) is 13.2 Å². The molecule has 41 heavy (non-hydrogen) atoms. The number of carbonyl (C=O) groups excluding carboxylic acids is 3. The summed E-state index contributed by atoms with van der Waals surface area (Å²) >= 11 is 0. The largest absolute Gasteiger partial charge is 0.463 e. The lowest BCUT2D eigenvalue weighted by Crippen LogP contribution is -2.45. The van der Waals surface area contributed by atoms with Crippen LogP contribution in [0.3, 0.4) is 0 Å².